The average Bonchev–Trinajstić information content (AvgIpc) is 2.71. The van der Waals surface area contributed by atoms with Crippen molar-refractivity contribution < 1.29 is 9.15 Å². The molecular formula is C14H22BrNO2. The molecule has 0 spiro atoms. The first-order chi connectivity index (χ1) is 8.74. The molecule has 4 heteroatoms. The summed E-state index contributed by atoms with van der Waals surface area (Å²) in [5.74, 6) is 1.78. The van der Waals surface area contributed by atoms with E-state index in [4.69, 9.17) is 9.15 Å². The molecule has 1 fully saturated rings. The summed E-state index contributed by atoms with van der Waals surface area (Å²) in [5, 5.41) is 3.51. The number of rotatable bonds is 7. The molecule has 1 aromatic heterocycles. The van der Waals surface area contributed by atoms with E-state index in [2.05, 4.69) is 35.1 Å². The minimum Gasteiger partial charge on any atom is -0.466 e. The van der Waals surface area contributed by atoms with Gasteiger partial charge in [0.25, 0.3) is 0 Å². The molecule has 2 rings (SSSR count). The molecule has 1 aliphatic rings. The Balaban J connectivity index is 1.87. The van der Waals surface area contributed by atoms with E-state index in [1.165, 1.54) is 12.8 Å². The quantitative estimate of drug-likeness (QED) is 0.828. The molecular weight excluding hydrogens is 294 g/mol. The number of halogens is 1. The number of furan rings is 1. The van der Waals surface area contributed by atoms with E-state index in [-0.39, 0.29) is 0 Å². The third-order valence-corrected chi connectivity index (χ3v) is 4.23. The van der Waals surface area contributed by atoms with Gasteiger partial charge >= 0.3 is 0 Å². The highest BCUT2D eigenvalue weighted by molar-refractivity contribution is 9.10. The Morgan fingerprint density at radius 3 is 2.83 bits per heavy atom. The molecule has 18 heavy (non-hydrogen) atoms. The molecule has 0 bridgehead atoms. The summed E-state index contributed by atoms with van der Waals surface area (Å²) in [7, 11) is 0. The first-order valence-corrected chi connectivity index (χ1v) is 7.61. The van der Waals surface area contributed by atoms with Gasteiger partial charge in [0.05, 0.1) is 22.9 Å². The average molecular weight is 316 g/mol. The Labute approximate surface area is 117 Å². The van der Waals surface area contributed by atoms with Gasteiger partial charge in [0.15, 0.2) is 0 Å². The van der Waals surface area contributed by atoms with Crippen LogP contribution in [0.15, 0.2) is 21.2 Å². The Bertz CT molecular complexity index is 360. The smallest absolute Gasteiger partial charge is 0.134 e. The summed E-state index contributed by atoms with van der Waals surface area (Å²) in [6.07, 6.45) is 5.74. The third kappa shape index (κ3) is 3.37. The molecule has 1 aliphatic carbocycles. The molecule has 1 atom stereocenters. The van der Waals surface area contributed by atoms with Gasteiger partial charge in [0, 0.05) is 6.61 Å². The van der Waals surface area contributed by atoms with Crippen molar-refractivity contribution in [3.63, 3.8) is 0 Å². The van der Waals surface area contributed by atoms with Crippen LogP contribution in [0.5, 0.6) is 0 Å². The molecule has 0 radical (unpaired) electrons. The lowest BCUT2D eigenvalue weighted by molar-refractivity contribution is -0.0296. The normalized spacial score (nSPS) is 24.8. The van der Waals surface area contributed by atoms with Crippen LogP contribution in [0.2, 0.25) is 0 Å². The van der Waals surface area contributed by atoms with Gasteiger partial charge in [-0.1, -0.05) is 6.92 Å². The van der Waals surface area contributed by atoms with Crippen LogP contribution < -0.4 is 5.32 Å². The highest BCUT2D eigenvalue weighted by Crippen LogP contribution is 2.38. The van der Waals surface area contributed by atoms with Gasteiger partial charge in [-0.3, -0.25) is 0 Å². The zero-order chi connectivity index (χ0) is 13.0. The highest BCUT2D eigenvalue weighted by atomic mass is 79.9. The van der Waals surface area contributed by atoms with Crippen molar-refractivity contribution in [3.8, 4) is 0 Å². The Morgan fingerprint density at radius 2 is 2.28 bits per heavy atom. The van der Waals surface area contributed by atoms with Crippen molar-refractivity contribution in [3.05, 3.63) is 22.6 Å². The van der Waals surface area contributed by atoms with Gasteiger partial charge in [0.2, 0.25) is 0 Å². The Morgan fingerprint density at radius 1 is 1.50 bits per heavy atom. The van der Waals surface area contributed by atoms with E-state index < -0.39 is 0 Å². The van der Waals surface area contributed by atoms with Crippen LogP contribution in [0, 0.1) is 5.92 Å². The summed E-state index contributed by atoms with van der Waals surface area (Å²) >= 11 is 3.55. The van der Waals surface area contributed by atoms with Gasteiger partial charge in [-0.05, 0) is 60.6 Å². The molecule has 0 aliphatic heterocycles. The van der Waals surface area contributed by atoms with Crippen molar-refractivity contribution in [2.45, 2.75) is 45.3 Å². The topological polar surface area (TPSA) is 34.4 Å². The lowest BCUT2D eigenvalue weighted by atomic mass is 9.78. The van der Waals surface area contributed by atoms with E-state index in [1.54, 1.807) is 6.26 Å². The molecule has 0 saturated heterocycles. The Kier molecular flexibility index (Phi) is 5.27. The van der Waals surface area contributed by atoms with Crippen LogP contribution in [-0.4, -0.2) is 19.3 Å². The first-order valence-electron chi connectivity index (χ1n) is 6.82. The molecule has 1 saturated carbocycles. The van der Waals surface area contributed by atoms with Crippen LogP contribution in [0.3, 0.4) is 0 Å². The molecule has 0 amide bonds. The fourth-order valence-corrected chi connectivity index (χ4v) is 3.13. The van der Waals surface area contributed by atoms with Crippen molar-refractivity contribution in [2.24, 2.45) is 5.92 Å². The highest BCUT2D eigenvalue weighted by Gasteiger charge is 2.32. The fraction of sp³-hybridized carbons (Fsp3) is 0.714. The number of nitrogens with one attached hydrogen (secondary N) is 1. The lowest BCUT2D eigenvalue weighted by Crippen LogP contribution is -2.34. The number of hydrogen-bond acceptors (Lipinski definition) is 3. The monoisotopic (exact) mass is 315 g/mol. The SMILES string of the molecule is CCNC(CC1CC(OCC)C1)c1occc1Br. The van der Waals surface area contributed by atoms with Gasteiger partial charge in [0.1, 0.15) is 5.76 Å². The lowest BCUT2D eigenvalue weighted by Gasteiger charge is -2.36. The minimum absolute atomic E-state index is 0.312. The maximum Gasteiger partial charge on any atom is 0.134 e. The molecule has 1 unspecified atom stereocenters. The molecule has 1 aromatic rings. The predicted octanol–water partition coefficient (Wildman–Crippen LogP) is 3.90. The zero-order valence-corrected chi connectivity index (χ0v) is 12.7. The summed E-state index contributed by atoms with van der Waals surface area (Å²) < 4.78 is 12.3. The van der Waals surface area contributed by atoms with Crippen LogP contribution in [0.1, 0.15) is 44.9 Å². The van der Waals surface area contributed by atoms with E-state index in [0.717, 1.165) is 35.7 Å². The Hall–Kier alpha value is -0.320. The van der Waals surface area contributed by atoms with E-state index in [9.17, 15) is 0 Å². The van der Waals surface area contributed by atoms with E-state index >= 15 is 0 Å². The molecule has 1 N–H and O–H groups in total. The van der Waals surface area contributed by atoms with Crippen LogP contribution in [0.25, 0.3) is 0 Å². The second-order valence-electron chi connectivity index (χ2n) is 4.89. The molecule has 0 aromatic carbocycles. The first kappa shape index (κ1) is 14.1. The number of hydrogen-bond donors (Lipinski definition) is 1. The summed E-state index contributed by atoms with van der Waals surface area (Å²) in [5.41, 5.74) is 0. The standard InChI is InChI=1S/C14H22BrNO2/c1-3-16-13(14-12(15)5-6-18-14)9-10-7-11(8-10)17-4-2/h5-6,10-11,13,16H,3-4,7-9H2,1-2H3. The maximum absolute atomic E-state index is 5.61. The van der Waals surface area contributed by atoms with E-state index in [0.29, 0.717) is 12.1 Å². The van der Waals surface area contributed by atoms with Crippen molar-refractivity contribution >= 4 is 15.9 Å². The van der Waals surface area contributed by atoms with Gasteiger partial charge in [-0.15, -0.1) is 0 Å². The second-order valence-corrected chi connectivity index (χ2v) is 5.75. The summed E-state index contributed by atoms with van der Waals surface area (Å²) in [6.45, 7) is 5.99. The van der Waals surface area contributed by atoms with E-state index in [1.807, 2.05) is 6.07 Å². The van der Waals surface area contributed by atoms with Crippen LogP contribution >= 0.6 is 15.9 Å². The van der Waals surface area contributed by atoms with Gasteiger partial charge in [-0.2, -0.15) is 0 Å². The third-order valence-electron chi connectivity index (χ3n) is 3.58. The largest absolute Gasteiger partial charge is 0.466 e. The fourth-order valence-electron chi connectivity index (χ4n) is 2.66. The summed E-state index contributed by atoms with van der Waals surface area (Å²) in [6, 6.07) is 2.27. The van der Waals surface area contributed by atoms with Gasteiger partial charge in [-0.25, -0.2) is 0 Å². The van der Waals surface area contributed by atoms with Gasteiger partial charge < -0.3 is 14.5 Å². The zero-order valence-electron chi connectivity index (χ0n) is 11.1. The van der Waals surface area contributed by atoms with Crippen molar-refractivity contribution in [1.29, 1.82) is 0 Å². The predicted molar refractivity (Wildman–Crippen MR) is 75.6 cm³/mol. The summed E-state index contributed by atoms with van der Waals surface area (Å²) in [4.78, 5) is 0. The van der Waals surface area contributed by atoms with Crippen LogP contribution in [0.4, 0.5) is 0 Å². The molecule has 102 valence electrons. The van der Waals surface area contributed by atoms with Crippen molar-refractivity contribution in [1.82, 2.24) is 5.32 Å². The van der Waals surface area contributed by atoms with Crippen molar-refractivity contribution in [2.75, 3.05) is 13.2 Å². The molecule has 3 nitrogen and oxygen atoms in total. The van der Waals surface area contributed by atoms with Crippen LogP contribution in [-0.2, 0) is 4.74 Å². The molecule has 1 heterocycles. The minimum atomic E-state index is 0.312. The number of ether oxygens (including phenoxy) is 1. The second kappa shape index (κ2) is 6.73. The maximum atomic E-state index is 5.61.